The molecule has 1 aliphatic carbocycles. The van der Waals surface area contributed by atoms with E-state index in [4.69, 9.17) is 9.26 Å². The van der Waals surface area contributed by atoms with E-state index in [0.29, 0.717) is 31.2 Å². The maximum absolute atomic E-state index is 13.1. The van der Waals surface area contributed by atoms with Crippen molar-refractivity contribution in [3.05, 3.63) is 11.7 Å². The summed E-state index contributed by atoms with van der Waals surface area (Å²) in [4.78, 5) is 18.1. The molecule has 1 saturated heterocycles. The van der Waals surface area contributed by atoms with Crippen LogP contribution in [0.4, 0.5) is 9.18 Å². The molecule has 2 heterocycles. The fraction of sp³-hybridized carbons (Fsp3) is 0.800. The average molecular weight is 311 g/mol. The number of aromatic nitrogens is 2. The molecule has 1 amide bonds. The lowest BCUT2D eigenvalue weighted by Gasteiger charge is -2.25. The molecule has 1 aliphatic heterocycles. The lowest BCUT2D eigenvalue weighted by atomic mass is 9.89. The van der Waals surface area contributed by atoms with Gasteiger partial charge in [0.05, 0.1) is 11.3 Å². The highest BCUT2D eigenvalue weighted by atomic mass is 19.1. The Morgan fingerprint density at radius 2 is 2.18 bits per heavy atom. The van der Waals surface area contributed by atoms with Crippen molar-refractivity contribution in [2.45, 2.75) is 63.6 Å². The molecule has 122 valence electrons. The van der Waals surface area contributed by atoms with E-state index in [1.54, 1.807) is 4.90 Å². The molecule has 6 nitrogen and oxygen atoms in total. The van der Waals surface area contributed by atoms with Crippen molar-refractivity contribution in [2.24, 2.45) is 0 Å². The van der Waals surface area contributed by atoms with Crippen LogP contribution >= 0.6 is 0 Å². The third kappa shape index (κ3) is 2.94. The van der Waals surface area contributed by atoms with Crippen molar-refractivity contribution >= 4 is 6.09 Å². The van der Waals surface area contributed by atoms with Gasteiger partial charge in [0.15, 0.2) is 5.82 Å². The van der Waals surface area contributed by atoms with Crippen LogP contribution in [0.25, 0.3) is 0 Å². The highest BCUT2D eigenvalue weighted by Crippen LogP contribution is 2.43. The number of amides is 1. The number of rotatable bonds is 2. The summed E-state index contributed by atoms with van der Waals surface area (Å²) in [5, 5.41) is 4.00. The highest BCUT2D eigenvalue weighted by molar-refractivity contribution is 5.68. The fourth-order valence-corrected chi connectivity index (χ4v) is 2.68. The number of hydrogen-bond donors (Lipinski definition) is 0. The van der Waals surface area contributed by atoms with Crippen LogP contribution in [-0.2, 0) is 10.2 Å². The van der Waals surface area contributed by atoms with Gasteiger partial charge in [-0.15, -0.1) is 0 Å². The number of likely N-dealkylation sites (tertiary alicyclic amines) is 1. The summed E-state index contributed by atoms with van der Waals surface area (Å²) < 4.78 is 23.6. The number of halogens is 1. The van der Waals surface area contributed by atoms with Gasteiger partial charge in [-0.2, -0.15) is 4.98 Å². The van der Waals surface area contributed by atoms with E-state index in [9.17, 15) is 9.18 Å². The third-order valence-corrected chi connectivity index (χ3v) is 4.14. The molecule has 0 spiro atoms. The number of alkyl halides is 1. The second-order valence-electron chi connectivity index (χ2n) is 7.53. The van der Waals surface area contributed by atoms with Gasteiger partial charge in [0.1, 0.15) is 11.8 Å². The standard InChI is InChI=1S/C15H22FN3O3/c1-14(2,3)21-13(20)19-6-5-15(4,8-19)12-17-11(22-18-12)9-7-10(9)16/h9-10H,5-8H2,1-4H3/t9-,10+,15?/m1/s1. The molecule has 0 radical (unpaired) electrons. The molecule has 0 bridgehead atoms. The minimum Gasteiger partial charge on any atom is -0.444 e. The summed E-state index contributed by atoms with van der Waals surface area (Å²) in [5.74, 6) is 0.681. The largest absolute Gasteiger partial charge is 0.444 e. The lowest BCUT2D eigenvalue weighted by Crippen LogP contribution is -2.37. The summed E-state index contributed by atoms with van der Waals surface area (Å²) in [7, 11) is 0. The third-order valence-electron chi connectivity index (χ3n) is 4.14. The molecule has 3 rings (SSSR count). The molecule has 1 aromatic heterocycles. The minimum absolute atomic E-state index is 0.242. The summed E-state index contributed by atoms with van der Waals surface area (Å²) in [6, 6.07) is 0. The Morgan fingerprint density at radius 3 is 2.77 bits per heavy atom. The van der Waals surface area contributed by atoms with Crippen LogP contribution in [0.5, 0.6) is 0 Å². The minimum atomic E-state index is -0.858. The van der Waals surface area contributed by atoms with Gasteiger partial charge < -0.3 is 14.2 Å². The number of ether oxygens (including phenoxy) is 1. The fourth-order valence-electron chi connectivity index (χ4n) is 2.68. The van der Waals surface area contributed by atoms with Crippen molar-refractivity contribution in [3.8, 4) is 0 Å². The Hall–Kier alpha value is -1.66. The topological polar surface area (TPSA) is 68.5 Å². The SMILES string of the molecule is CC(C)(C)OC(=O)N1CCC(C)(c2noc([C@@H]3C[C@@H]3F)n2)C1. The van der Waals surface area contributed by atoms with Crippen molar-refractivity contribution < 1.29 is 18.4 Å². The van der Waals surface area contributed by atoms with E-state index in [1.165, 1.54) is 0 Å². The Labute approximate surface area is 129 Å². The first-order valence-corrected chi connectivity index (χ1v) is 7.64. The van der Waals surface area contributed by atoms with Gasteiger partial charge in [0, 0.05) is 13.1 Å². The molecule has 2 fully saturated rings. The van der Waals surface area contributed by atoms with Gasteiger partial charge in [-0.3, -0.25) is 0 Å². The number of carbonyl (C=O) groups is 1. The quantitative estimate of drug-likeness (QED) is 0.840. The van der Waals surface area contributed by atoms with Gasteiger partial charge in [0.25, 0.3) is 0 Å². The maximum atomic E-state index is 13.1. The van der Waals surface area contributed by atoms with Crippen molar-refractivity contribution in [1.29, 1.82) is 0 Å². The van der Waals surface area contributed by atoms with E-state index >= 15 is 0 Å². The molecule has 0 aromatic carbocycles. The zero-order valence-electron chi connectivity index (χ0n) is 13.4. The molecule has 1 aromatic rings. The highest BCUT2D eigenvalue weighted by Gasteiger charge is 2.46. The monoisotopic (exact) mass is 311 g/mol. The van der Waals surface area contributed by atoms with Crippen LogP contribution in [0.15, 0.2) is 4.52 Å². The molecule has 22 heavy (non-hydrogen) atoms. The molecular formula is C15H22FN3O3. The molecule has 3 atom stereocenters. The molecule has 1 unspecified atom stereocenters. The zero-order valence-corrected chi connectivity index (χ0v) is 13.4. The van der Waals surface area contributed by atoms with Crippen LogP contribution in [-0.4, -0.2) is 46.0 Å². The van der Waals surface area contributed by atoms with Gasteiger partial charge in [-0.1, -0.05) is 12.1 Å². The van der Waals surface area contributed by atoms with Crippen LogP contribution in [0, 0.1) is 0 Å². The van der Waals surface area contributed by atoms with Crippen LogP contribution in [0.2, 0.25) is 0 Å². The first-order chi connectivity index (χ1) is 10.2. The molecule has 7 heteroatoms. The van der Waals surface area contributed by atoms with E-state index in [-0.39, 0.29) is 17.4 Å². The molecular weight excluding hydrogens is 289 g/mol. The van der Waals surface area contributed by atoms with Gasteiger partial charge in [-0.25, -0.2) is 9.18 Å². The first-order valence-electron chi connectivity index (χ1n) is 7.64. The molecule has 0 N–H and O–H groups in total. The first kappa shape index (κ1) is 15.2. The summed E-state index contributed by atoms with van der Waals surface area (Å²) >= 11 is 0. The van der Waals surface area contributed by atoms with E-state index in [0.717, 1.165) is 6.42 Å². The number of hydrogen-bond acceptors (Lipinski definition) is 5. The Balaban J connectivity index is 1.67. The van der Waals surface area contributed by atoms with Crippen LogP contribution in [0.3, 0.4) is 0 Å². The molecule has 1 saturated carbocycles. The number of carbonyl (C=O) groups excluding carboxylic acids is 1. The summed E-state index contributed by atoms with van der Waals surface area (Å²) in [5.41, 5.74) is -0.892. The number of nitrogens with zero attached hydrogens (tertiary/aromatic N) is 3. The Bertz CT molecular complexity index is 583. The van der Waals surface area contributed by atoms with E-state index in [1.807, 2.05) is 27.7 Å². The van der Waals surface area contributed by atoms with Crippen LogP contribution < -0.4 is 0 Å². The molecule has 2 aliphatic rings. The second-order valence-corrected chi connectivity index (χ2v) is 7.53. The van der Waals surface area contributed by atoms with Crippen molar-refractivity contribution in [1.82, 2.24) is 15.0 Å². The summed E-state index contributed by atoms with van der Waals surface area (Å²) in [6.45, 7) is 8.58. The van der Waals surface area contributed by atoms with Gasteiger partial charge in [-0.05, 0) is 33.6 Å². The smallest absolute Gasteiger partial charge is 0.410 e. The van der Waals surface area contributed by atoms with E-state index < -0.39 is 11.8 Å². The average Bonchev–Trinajstić information content (AvgIpc) is 2.84. The Kier molecular flexibility index (Phi) is 3.41. The van der Waals surface area contributed by atoms with Crippen molar-refractivity contribution in [3.63, 3.8) is 0 Å². The normalized spacial score (nSPS) is 31.4. The predicted octanol–water partition coefficient (Wildman–Crippen LogP) is 2.79. The summed E-state index contributed by atoms with van der Waals surface area (Å²) in [6.07, 6.45) is 0.00558. The predicted molar refractivity (Wildman–Crippen MR) is 76.3 cm³/mol. The second kappa shape index (κ2) is 4.93. The van der Waals surface area contributed by atoms with Crippen LogP contribution in [0.1, 0.15) is 58.2 Å². The lowest BCUT2D eigenvalue weighted by molar-refractivity contribution is 0.0284. The van der Waals surface area contributed by atoms with Gasteiger partial charge >= 0.3 is 6.09 Å². The van der Waals surface area contributed by atoms with E-state index in [2.05, 4.69) is 10.1 Å². The Morgan fingerprint density at radius 1 is 1.50 bits per heavy atom. The van der Waals surface area contributed by atoms with Crippen molar-refractivity contribution in [2.75, 3.05) is 13.1 Å². The zero-order chi connectivity index (χ0) is 16.1. The van der Waals surface area contributed by atoms with Gasteiger partial charge in [0.2, 0.25) is 5.89 Å². The maximum Gasteiger partial charge on any atom is 0.410 e.